The number of benzene rings is 2. The first-order valence-corrected chi connectivity index (χ1v) is 9.46. The minimum atomic E-state index is 0.201. The Balaban J connectivity index is 2.03. The lowest BCUT2D eigenvalue weighted by Gasteiger charge is -2.06. The summed E-state index contributed by atoms with van der Waals surface area (Å²) >= 11 is 5.06. The number of hydrogen-bond donors (Lipinski definition) is 2. The van der Waals surface area contributed by atoms with Gasteiger partial charge in [0.15, 0.2) is 0 Å². The number of rotatable bonds is 8. The first-order valence-electron chi connectivity index (χ1n) is 6.67. The second-order valence-electron chi connectivity index (χ2n) is 4.20. The molecule has 0 bridgehead atoms. The van der Waals surface area contributed by atoms with Gasteiger partial charge in [0.05, 0.1) is 13.2 Å². The Hall–Kier alpha value is -0.590. The predicted molar refractivity (Wildman–Crippen MR) is 92.6 cm³/mol. The van der Waals surface area contributed by atoms with Gasteiger partial charge in [0.25, 0.3) is 0 Å². The lowest BCUT2D eigenvalue weighted by molar-refractivity contribution is 0.322. The van der Waals surface area contributed by atoms with Crippen molar-refractivity contribution in [1.82, 2.24) is 0 Å². The largest absolute Gasteiger partial charge is 0.396 e. The molecule has 0 unspecified atom stereocenters. The van der Waals surface area contributed by atoms with Gasteiger partial charge in [-0.05, 0) is 36.4 Å². The summed E-state index contributed by atoms with van der Waals surface area (Å²) in [6, 6.07) is 16.7. The maximum Gasteiger partial charge on any atom is 0.0525 e. The van der Waals surface area contributed by atoms with Crippen LogP contribution < -0.4 is 0 Å². The van der Waals surface area contributed by atoms with E-state index in [2.05, 4.69) is 36.4 Å². The van der Waals surface area contributed by atoms with Crippen LogP contribution in [-0.2, 0) is 0 Å². The molecule has 2 N–H and O–H groups in total. The van der Waals surface area contributed by atoms with Crippen LogP contribution in [0.15, 0.2) is 68.1 Å². The lowest BCUT2D eigenvalue weighted by atomic mass is 10.4. The smallest absolute Gasteiger partial charge is 0.0525 e. The molecule has 0 radical (unpaired) electrons. The van der Waals surface area contributed by atoms with Gasteiger partial charge in [-0.15, -0.1) is 23.5 Å². The van der Waals surface area contributed by atoms with E-state index < -0.39 is 0 Å². The molecule has 0 aliphatic rings. The molecule has 0 heterocycles. The Labute approximate surface area is 138 Å². The fourth-order valence-corrected chi connectivity index (χ4v) is 4.23. The Kier molecular flexibility index (Phi) is 7.53. The van der Waals surface area contributed by atoms with E-state index in [-0.39, 0.29) is 13.2 Å². The standard InChI is InChI=1S/C16H18O2S3/c17-7-9-19-13-3-1-5-15(11-13)21-16-6-2-4-14(12-16)20-10-8-18/h1-6,11-12,17-18H,7-10H2. The molecule has 0 fully saturated rings. The molecule has 0 atom stereocenters. The molecule has 0 aliphatic carbocycles. The van der Waals surface area contributed by atoms with Gasteiger partial charge in [0.1, 0.15) is 0 Å². The molecule has 0 saturated heterocycles. The normalized spacial score (nSPS) is 10.8. The molecule has 0 saturated carbocycles. The molecule has 0 spiro atoms. The van der Waals surface area contributed by atoms with Gasteiger partial charge in [-0.2, -0.15) is 0 Å². The molecule has 5 heteroatoms. The van der Waals surface area contributed by atoms with Crippen molar-refractivity contribution in [2.24, 2.45) is 0 Å². The highest BCUT2D eigenvalue weighted by atomic mass is 32.2. The fourth-order valence-electron chi connectivity index (χ4n) is 1.72. The van der Waals surface area contributed by atoms with E-state index in [9.17, 15) is 0 Å². The topological polar surface area (TPSA) is 40.5 Å². The first kappa shape index (κ1) is 16.8. The fraction of sp³-hybridized carbons (Fsp3) is 0.250. The molecule has 0 amide bonds. The van der Waals surface area contributed by atoms with Gasteiger partial charge in [0.2, 0.25) is 0 Å². The monoisotopic (exact) mass is 338 g/mol. The quantitative estimate of drug-likeness (QED) is 0.712. The highest BCUT2D eigenvalue weighted by molar-refractivity contribution is 8.00. The van der Waals surface area contributed by atoms with Crippen LogP contribution in [0.3, 0.4) is 0 Å². The Morgan fingerprint density at radius 3 is 1.52 bits per heavy atom. The lowest BCUT2D eigenvalue weighted by Crippen LogP contribution is -1.86. The predicted octanol–water partition coefficient (Wildman–Crippen LogP) is 4.01. The zero-order valence-electron chi connectivity index (χ0n) is 11.6. The van der Waals surface area contributed by atoms with Gasteiger partial charge in [-0.3, -0.25) is 0 Å². The maximum atomic E-state index is 8.89. The van der Waals surface area contributed by atoms with Crippen LogP contribution in [0.25, 0.3) is 0 Å². The van der Waals surface area contributed by atoms with Crippen molar-refractivity contribution in [1.29, 1.82) is 0 Å². The van der Waals surface area contributed by atoms with Gasteiger partial charge in [0, 0.05) is 31.1 Å². The van der Waals surface area contributed by atoms with Crippen LogP contribution >= 0.6 is 35.3 Å². The molecule has 0 aliphatic heterocycles. The molecule has 2 aromatic carbocycles. The summed E-state index contributed by atoms with van der Waals surface area (Å²) in [7, 11) is 0. The third-order valence-electron chi connectivity index (χ3n) is 2.57. The number of thioether (sulfide) groups is 2. The zero-order valence-corrected chi connectivity index (χ0v) is 14.0. The number of hydrogen-bond acceptors (Lipinski definition) is 5. The summed E-state index contributed by atoms with van der Waals surface area (Å²) in [5, 5.41) is 17.8. The number of aliphatic hydroxyl groups excluding tert-OH is 2. The number of aliphatic hydroxyl groups is 2. The summed E-state index contributed by atoms with van der Waals surface area (Å²) in [5.74, 6) is 1.45. The van der Waals surface area contributed by atoms with Crippen molar-refractivity contribution in [3.8, 4) is 0 Å². The van der Waals surface area contributed by atoms with Crippen molar-refractivity contribution < 1.29 is 10.2 Å². The van der Waals surface area contributed by atoms with Crippen molar-refractivity contribution >= 4 is 35.3 Å². The molecule has 21 heavy (non-hydrogen) atoms. The minimum Gasteiger partial charge on any atom is -0.396 e. The second-order valence-corrected chi connectivity index (χ2v) is 7.68. The SMILES string of the molecule is OCCSc1cccc(Sc2cccc(SCCO)c2)c1. The van der Waals surface area contributed by atoms with E-state index in [0.29, 0.717) is 0 Å². The molecule has 112 valence electrons. The minimum absolute atomic E-state index is 0.201. The van der Waals surface area contributed by atoms with Gasteiger partial charge in [-0.1, -0.05) is 23.9 Å². The molecule has 2 aromatic rings. The highest BCUT2D eigenvalue weighted by Crippen LogP contribution is 2.32. The average molecular weight is 339 g/mol. The van der Waals surface area contributed by atoms with Crippen molar-refractivity contribution in [2.75, 3.05) is 24.7 Å². The summed E-state index contributed by atoms with van der Waals surface area (Å²) in [4.78, 5) is 4.75. The summed E-state index contributed by atoms with van der Waals surface area (Å²) in [6.07, 6.45) is 0. The Morgan fingerprint density at radius 1 is 0.667 bits per heavy atom. The first-order chi connectivity index (χ1) is 10.3. The molecule has 0 aromatic heterocycles. The molecular weight excluding hydrogens is 320 g/mol. The van der Waals surface area contributed by atoms with Crippen LogP contribution in [0.4, 0.5) is 0 Å². The van der Waals surface area contributed by atoms with E-state index >= 15 is 0 Å². The van der Waals surface area contributed by atoms with Crippen LogP contribution in [0.1, 0.15) is 0 Å². The van der Waals surface area contributed by atoms with E-state index in [1.807, 2.05) is 12.1 Å². The average Bonchev–Trinajstić information content (AvgIpc) is 2.52. The Morgan fingerprint density at radius 2 is 1.10 bits per heavy atom. The van der Waals surface area contributed by atoms with E-state index in [1.165, 1.54) is 19.6 Å². The molecule has 2 nitrogen and oxygen atoms in total. The van der Waals surface area contributed by atoms with Gasteiger partial charge < -0.3 is 10.2 Å². The van der Waals surface area contributed by atoms with E-state index in [4.69, 9.17) is 10.2 Å². The summed E-state index contributed by atoms with van der Waals surface area (Å²) in [5.41, 5.74) is 0. The molecule has 2 rings (SSSR count). The zero-order chi connectivity index (χ0) is 14.9. The van der Waals surface area contributed by atoms with E-state index in [0.717, 1.165) is 11.5 Å². The summed E-state index contributed by atoms with van der Waals surface area (Å²) < 4.78 is 0. The van der Waals surface area contributed by atoms with Crippen LogP contribution in [0.2, 0.25) is 0 Å². The third kappa shape index (κ3) is 5.96. The van der Waals surface area contributed by atoms with Crippen molar-refractivity contribution in [3.05, 3.63) is 48.5 Å². The highest BCUT2D eigenvalue weighted by Gasteiger charge is 2.01. The van der Waals surface area contributed by atoms with Crippen molar-refractivity contribution in [2.45, 2.75) is 19.6 Å². The van der Waals surface area contributed by atoms with Crippen LogP contribution in [-0.4, -0.2) is 34.9 Å². The van der Waals surface area contributed by atoms with Crippen LogP contribution in [0.5, 0.6) is 0 Å². The molecular formula is C16H18O2S3. The Bertz CT molecular complexity index is 511. The van der Waals surface area contributed by atoms with Crippen LogP contribution in [0, 0.1) is 0 Å². The van der Waals surface area contributed by atoms with Crippen molar-refractivity contribution in [3.63, 3.8) is 0 Å². The maximum absolute atomic E-state index is 8.89. The van der Waals surface area contributed by atoms with Gasteiger partial charge in [-0.25, -0.2) is 0 Å². The summed E-state index contributed by atoms with van der Waals surface area (Å²) in [6.45, 7) is 0.401. The van der Waals surface area contributed by atoms with E-state index in [1.54, 1.807) is 35.3 Å². The second kappa shape index (κ2) is 9.43. The third-order valence-corrected chi connectivity index (χ3v) is 5.49. The van der Waals surface area contributed by atoms with Gasteiger partial charge >= 0.3 is 0 Å².